The van der Waals surface area contributed by atoms with Crippen LogP contribution in [0.3, 0.4) is 0 Å². The van der Waals surface area contributed by atoms with Gasteiger partial charge in [0.05, 0.1) is 5.69 Å². The second kappa shape index (κ2) is 6.40. The smallest absolute Gasteiger partial charge is 0.125 e. The number of rotatable bonds is 4. The normalized spacial score (nSPS) is 11.7. The molecule has 0 fully saturated rings. The largest absolute Gasteiger partial charge is 0.205 e. The molecule has 2 nitrogen and oxygen atoms in total. The van der Waals surface area contributed by atoms with Gasteiger partial charge in [-0.15, -0.1) is 9.36 Å². The average Bonchev–Trinajstić information content (AvgIpc) is 2.86. The minimum Gasteiger partial charge on any atom is -0.125 e. The fourth-order valence-electron chi connectivity index (χ4n) is 4.01. The second-order valence-corrected chi connectivity index (χ2v) is 11.2. The first-order valence-electron chi connectivity index (χ1n) is 8.72. The quantitative estimate of drug-likeness (QED) is 0.511. The highest BCUT2D eigenvalue weighted by molar-refractivity contribution is 7.00. The van der Waals surface area contributed by atoms with Gasteiger partial charge < -0.3 is 0 Å². The van der Waals surface area contributed by atoms with E-state index in [0.29, 0.717) is 0 Å². The van der Waals surface area contributed by atoms with Crippen LogP contribution in [0.15, 0.2) is 60.7 Å². The van der Waals surface area contributed by atoms with Crippen molar-refractivity contribution in [2.24, 2.45) is 0 Å². The molecule has 0 bridgehead atoms. The van der Waals surface area contributed by atoms with E-state index < -0.39 is 8.07 Å². The third-order valence-electron chi connectivity index (χ3n) is 5.09. The molecule has 0 N–H and O–H groups in total. The zero-order valence-corrected chi connectivity index (χ0v) is 16.4. The molecule has 2 aromatic carbocycles. The van der Waals surface area contributed by atoms with Crippen LogP contribution in [-0.4, -0.2) is 12.8 Å². The second-order valence-electron chi connectivity index (χ2n) is 6.90. The van der Waals surface area contributed by atoms with Gasteiger partial charge in [0.1, 0.15) is 13.8 Å². The summed E-state index contributed by atoms with van der Waals surface area (Å²) in [4.78, 5) is 0. The van der Waals surface area contributed by atoms with Crippen LogP contribution in [0.1, 0.15) is 18.3 Å². The van der Waals surface area contributed by atoms with Crippen molar-refractivity contribution in [3.05, 3.63) is 72.1 Å². The Balaban J connectivity index is 2.26. The van der Waals surface area contributed by atoms with E-state index in [1.807, 2.05) is 0 Å². The van der Waals surface area contributed by atoms with Gasteiger partial charge in [0.15, 0.2) is 6.54 Å². The van der Waals surface area contributed by atoms with E-state index in [2.05, 4.69) is 104 Å². The average molecular weight is 336 g/mol. The molecule has 124 valence electrons. The van der Waals surface area contributed by atoms with Crippen molar-refractivity contribution < 1.29 is 4.68 Å². The molecular formula is C21H27N2Si+. The Morgan fingerprint density at radius 3 is 1.96 bits per heavy atom. The third kappa shape index (κ3) is 2.63. The summed E-state index contributed by atoms with van der Waals surface area (Å²) in [5, 5.41) is 3.05. The van der Waals surface area contributed by atoms with E-state index in [-0.39, 0.29) is 0 Å². The van der Waals surface area contributed by atoms with Gasteiger partial charge in [-0.2, -0.15) is 0 Å². The Hall–Kier alpha value is -2.13. The van der Waals surface area contributed by atoms with E-state index in [9.17, 15) is 0 Å². The maximum absolute atomic E-state index is 2.47. The number of aromatic nitrogens is 2. The van der Waals surface area contributed by atoms with Crippen molar-refractivity contribution >= 4 is 18.4 Å². The van der Waals surface area contributed by atoms with Crippen molar-refractivity contribution in [3.63, 3.8) is 0 Å². The fourth-order valence-corrected chi connectivity index (χ4v) is 7.37. The van der Waals surface area contributed by atoms with Gasteiger partial charge in [-0.25, -0.2) is 0 Å². The van der Waals surface area contributed by atoms with Gasteiger partial charge >= 0.3 is 0 Å². The molecule has 24 heavy (non-hydrogen) atoms. The van der Waals surface area contributed by atoms with Gasteiger partial charge in [-0.1, -0.05) is 66.8 Å². The minimum absolute atomic E-state index is 0.973. The van der Waals surface area contributed by atoms with E-state index >= 15 is 0 Å². The molecule has 0 spiro atoms. The molecule has 0 aliphatic rings. The monoisotopic (exact) mass is 335 g/mol. The Kier molecular flexibility index (Phi) is 4.46. The number of benzene rings is 2. The fraction of sp³-hybridized carbons (Fsp3) is 0.286. The highest BCUT2D eigenvalue weighted by Crippen LogP contribution is 2.14. The van der Waals surface area contributed by atoms with Crippen LogP contribution in [0.2, 0.25) is 13.1 Å². The molecule has 3 aromatic rings. The van der Waals surface area contributed by atoms with Gasteiger partial charge in [-0.3, -0.25) is 0 Å². The zero-order chi connectivity index (χ0) is 17.3. The van der Waals surface area contributed by atoms with E-state index in [0.717, 1.165) is 6.54 Å². The molecule has 1 heterocycles. The van der Waals surface area contributed by atoms with E-state index in [4.69, 9.17) is 0 Å². The van der Waals surface area contributed by atoms with Crippen LogP contribution in [0.25, 0.3) is 5.69 Å². The highest BCUT2D eigenvalue weighted by atomic mass is 28.3. The first-order valence-corrected chi connectivity index (χ1v) is 11.7. The van der Waals surface area contributed by atoms with Crippen LogP contribution >= 0.6 is 0 Å². The topological polar surface area (TPSA) is 8.81 Å². The maximum atomic E-state index is 2.47. The summed E-state index contributed by atoms with van der Waals surface area (Å²) in [5.74, 6) is 0. The summed E-state index contributed by atoms with van der Waals surface area (Å²) in [6.07, 6.45) is 0. The Morgan fingerprint density at radius 2 is 1.42 bits per heavy atom. The highest BCUT2D eigenvalue weighted by Gasteiger charge is 2.37. The summed E-state index contributed by atoms with van der Waals surface area (Å²) < 4.78 is 4.81. The molecule has 0 saturated carbocycles. The van der Waals surface area contributed by atoms with Crippen molar-refractivity contribution in [3.8, 4) is 5.69 Å². The summed E-state index contributed by atoms with van der Waals surface area (Å²) in [6, 6.07) is 21.7. The Bertz CT molecular complexity index is 833. The van der Waals surface area contributed by atoms with Gasteiger partial charge in [-0.05, 0) is 26.0 Å². The number of hydrogen-bond donors (Lipinski definition) is 0. The van der Waals surface area contributed by atoms with Crippen molar-refractivity contribution in [2.45, 2.75) is 40.4 Å². The molecule has 0 aliphatic heterocycles. The van der Waals surface area contributed by atoms with Crippen LogP contribution in [0.4, 0.5) is 0 Å². The number of para-hydroxylation sites is 1. The molecule has 0 atom stereocenters. The maximum Gasteiger partial charge on any atom is 0.205 e. The molecule has 0 saturated heterocycles. The number of nitrogens with zero attached hydrogens (tertiary/aromatic N) is 2. The lowest BCUT2D eigenvalue weighted by Crippen LogP contribution is -2.55. The van der Waals surface area contributed by atoms with Crippen LogP contribution < -0.4 is 15.1 Å². The third-order valence-corrected chi connectivity index (χ3v) is 8.84. The first kappa shape index (κ1) is 16.7. The van der Waals surface area contributed by atoms with Gasteiger partial charge in [0.2, 0.25) is 5.69 Å². The van der Waals surface area contributed by atoms with Crippen LogP contribution in [0.5, 0.6) is 0 Å². The lowest BCUT2D eigenvalue weighted by atomic mass is 10.3. The lowest BCUT2D eigenvalue weighted by Gasteiger charge is -2.22. The molecule has 0 amide bonds. The summed E-state index contributed by atoms with van der Waals surface area (Å²) >= 11 is 0. The molecule has 3 heteroatoms. The molecule has 0 radical (unpaired) electrons. The number of hydrogen-bond acceptors (Lipinski definition) is 0. The SMILES string of the molecule is CC[n+]1c(C)c([Si](C)(C)c2ccccc2)c(C)n1-c1ccccc1. The standard InChI is InChI=1S/C21H27N2Si/c1-6-22-17(2)21(24(4,5)20-15-11-8-12-16-20)18(3)23(22)19-13-9-7-10-14-19/h7-16H,6H2,1-5H3/q+1. The van der Waals surface area contributed by atoms with Crippen LogP contribution in [-0.2, 0) is 6.54 Å². The molecule has 1 aromatic heterocycles. The Morgan fingerprint density at radius 1 is 0.875 bits per heavy atom. The van der Waals surface area contributed by atoms with Crippen molar-refractivity contribution in [2.75, 3.05) is 0 Å². The minimum atomic E-state index is -1.75. The summed E-state index contributed by atoms with van der Waals surface area (Å²) in [5.41, 5.74) is 4.02. The summed E-state index contributed by atoms with van der Waals surface area (Å²) in [7, 11) is -1.75. The predicted molar refractivity (Wildman–Crippen MR) is 104 cm³/mol. The van der Waals surface area contributed by atoms with E-state index in [1.54, 1.807) is 5.19 Å². The van der Waals surface area contributed by atoms with Crippen LogP contribution in [0, 0.1) is 13.8 Å². The van der Waals surface area contributed by atoms with E-state index in [1.165, 1.54) is 22.3 Å². The van der Waals surface area contributed by atoms with Crippen molar-refractivity contribution in [1.29, 1.82) is 0 Å². The zero-order valence-electron chi connectivity index (χ0n) is 15.4. The molecule has 0 aliphatic carbocycles. The first-order chi connectivity index (χ1) is 11.5. The van der Waals surface area contributed by atoms with Crippen molar-refractivity contribution in [1.82, 2.24) is 4.68 Å². The molecule has 3 rings (SSSR count). The van der Waals surface area contributed by atoms with Gasteiger partial charge in [0, 0.05) is 12.1 Å². The lowest BCUT2D eigenvalue weighted by molar-refractivity contribution is -0.768. The molecule has 0 unspecified atom stereocenters. The van der Waals surface area contributed by atoms with Gasteiger partial charge in [0.25, 0.3) is 0 Å². The predicted octanol–water partition coefficient (Wildman–Crippen LogP) is 3.22. The molecular weight excluding hydrogens is 308 g/mol. The summed E-state index contributed by atoms with van der Waals surface area (Å²) in [6.45, 7) is 12.7. The Labute approximate surface area is 146 Å².